The van der Waals surface area contributed by atoms with Crippen LogP contribution in [0.2, 0.25) is 5.15 Å². The number of aromatic nitrogens is 2. The molecule has 2 rings (SSSR count). The molecule has 1 aromatic carbocycles. The molecule has 3 nitrogen and oxygen atoms in total. The van der Waals surface area contributed by atoms with E-state index in [4.69, 9.17) is 11.6 Å². The van der Waals surface area contributed by atoms with Crippen LogP contribution in [0, 0.1) is 0 Å². The van der Waals surface area contributed by atoms with Crippen molar-refractivity contribution in [2.24, 2.45) is 0 Å². The molecule has 0 aliphatic rings. The first kappa shape index (κ1) is 14.9. The summed E-state index contributed by atoms with van der Waals surface area (Å²) in [6, 6.07) is 7.32. The highest BCUT2D eigenvalue weighted by atomic mass is 35.5. The van der Waals surface area contributed by atoms with E-state index in [9.17, 15) is 13.2 Å². The van der Waals surface area contributed by atoms with Crippen LogP contribution in [0.5, 0.6) is 0 Å². The van der Waals surface area contributed by atoms with Crippen molar-refractivity contribution in [1.29, 1.82) is 0 Å². The van der Waals surface area contributed by atoms with Gasteiger partial charge in [-0.25, -0.2) is 9.97 Å². The van der Waals surface area contributed by atoms with Gasteiger partial charge in [0.05, 0.1) is 0 Å². The van der Waals surface area contributed by atoms with Gasteiger partial charge in [0.2, 0.25) is 5.95 Å². The number of hydrogen-bond donors (Lipinski definition) is 1. The van der Waals surface area contributed by atoms with Crippen LogP contribution in [0.25, 0.3) is 0 Å². The fraction of sp³-hybridized carbons (Fsp3) is 0.167. The summed E-state index contributed by atoms with van der Waals surface area (Å²) in [5.41, 5.74) is -0.379. The average Bonchev–Trinajstić information content (AvgIpc) is 2.37. The Balaban J connectivity index is 2.24. The minimum absolute atomic E-state index is 0.0150. The van der Waals surface area contributed by atoms with Crippen LogP contribution in [0.4, 0.5) is 24.8 Å². The Morgan fingerprint density at radius 2 is 2.05 bits per heavy atom. The Labute approximate surface area is 122 Å². The van der Waals surface area contributed by atoms with E-state index in [0.717, 1.165) is 4.90 Å². The lowest BCUT2D eigenvalue weighted by atomic mass is 10.3. The maximum atomic E-state index is 12.5. The monoisotopic (exact) mass is 319 g/mol. The Morgan fingerprint density at radius 3 is 2.65 bits per heavy atom. The number of benzene rings is 1. The second kappa shape index (κ2) is 5.88. The summed E-state index contributed by atoms with van der Waals surface area (Å²) in [5, 5.41) is 2.18. The van der Waals surface area contributed by atoms with Gasteiger partial charge in [-0.3, -0.25) is 0 Å². The Hall–Kier alpha value is -1.47. The number of hydrogen-bond acceptors (Lipinski definition) is 4. The molecule has 0 bridgehead atoms. The van der Waals surface area contributed by atoms with Gasteiger partial charge in [-0.2, -0.15) is 13.2 Å². The first-order valence-corrected chi connectivity index (χ1v) is 7.01. The Bertz CT molecular complexity index is 619. The highest BCUT2D eigenvalue weighted by Crippen LogP contribution is 2.33. The third-order valence-corrected chi connectivity index (χ3v) is 3.39. The van der Waals surface area contributed by atoms with Gasteiger partial charge in [0.25, 0.3) is 0 Å². The zero-order valence-electron chi connectivity index (χ0n) is 10.2. The number of anilines is 2. The normalized spacial score (nSPS) is 11.4. The summed E-state index contributed by atoms with van der Waals surface area (Å²) in [6.07, 6.45) is -1.98. The van der Waals surface area contributed by atoms with E-state index in [2.05, 4.69) is 15.3 Å². The van der Waals surface area contributed by atoms with Crippen LogP contribution in [-0.4, -0.2) is 16.2 Å². The van der Waals surface area contributed by atoms with Crippen molar-refractivity contribution in [1.82, 2.24) is 9.97 Å². The molecule has 0 amide bonds. The summed E-state index contributed by atoms with van der Waals surface area (Å²) in [4.78, 5) is 8.24. The molecule has 2 aromatic rings. The zero-order chi connectivity index (χ0) is 14.8. The van der Waals surface area contributed by atoms with Crippen molar-refractivity contribution in [3.8, 4) is 0 Å². The highest BCUT2D eigenvalue weighted by molar-refractivity contribution is 7.98. The van der Waals surface area contributed by atoms with E-state index in [-0.39, 0.29) is 5.95 Å². The Kier molecular flexibility index (Phi) is 4.39. The number of alkyl halides is 3. The molecule has 0 unspecified atom stereocenters. The zero-order valence-corrected chi connectivity index (χ0v) is 11.8. The van der Waals surface area contributed by atoms with E-state index in [1.165, 1.54) is 0 Å². The highest BCUT2D eigenvalue weighted by Gasteiger charge is 2.34. The molecule has 0 fully saturated rings. The van der Waals surface area contributed by atoms with E-state index in [1.54, 1.807) is 17.8 Å². The first-order chi connectivity index (χ1) is 9.40. The molecule has 0 atom stereocenters. The average molecular weight is 320 g/mol. The van der Waals surface area contributed by atoms with Crippen molar-refractivity contribution in [2.45, 2.75) is 11.1 Å². The van der Waals surface area contributed by atoms with Gasteiger partial charge in [0.1, 0.15) is 10.7 Å². The maximum absolute atomic E-state index is 12.5. The predicted molar refractivity (Wildman–Crippen MR) is 73.5 cm³/mol. The minimum Gasteiger partial charge on any atom is -0.324 e. The topological polar surface area (TPSA) is 37.8 Å². The molecule has 20 heavy (non-hydrogen) atoms. The van der Waals surface area contributed by atoms with Crippen LogP contribution in [0.3, 0.4) is 0 Å². The third kappa shape index (κ3) is 3.55. The predicted octanol–water partition coefficient (Wildman–Crippen LogP) is 4.61. The summed E-state index contributed by atoms with van der Waals surface area (Å²) in [5.74, 6) is 0.0150. The summed E-state index contributed by atoms with van der Waals surface area (Å²) in [6.45, 7) is 0. The molecular formula is C12H9ClF3N3S. The molecule has 0 saturated heterocycles. The van der Waals surface area contributed by atoms with Crippen molar-refractivity contribution < 1.29 is 13.2 Å². The second-order valence-corrected chi connectivity index (χ2v) is 4.99. The van der Waals surface area contributed by atoms with Crippen LogP contribution in [-0.2, 0) is 6.18 Å². The number of nitrogens with one attached hydrogen (secondary N) is 1. The molecule has 1 heterocycles. The minimum atomic E-state index is -4.56. The molecular weight excluding hydrogens is 311 g/mol. The standard InChI is InChI=1S/C12H9ClF3N3S/c1-20-8-4-2-3-7(5-8)18-11-17-6-9(10(13)19-11)12(14,15)16/h2-6H,1H3,(H,17,18,19). The summed E-state index contributed by atoms with van der Waals surface area (Å²) < 4.78 is 37.6. The lowest BCUT2D eigenvalue weighted by Crippen LogP contribution is -2.09. The quantitative estimate of drug-likeness (QED) is 0.662. The lowest BCUT2D eigenvalue weighted by molar-refractivity contribution is -0.137. The van der Waals surface area contributed by atoms with Crippen molar-refractivity contribution in [3.05, 3.63) is 41.2 Å². The number of rotatable bonds is 3. The molecule has 1 aromatic heterocycles. The van der Waals surface area contributed by atoms with Crippen molar-refractivity contribution in [3.63, 3.8) is 0 Å². The third-order valence-electron chi connectivity index (χ3n) is 2.37. The molecule has 0 saturated carbocycles. The van der Waals surface area contributed by atoms with Crippen molar-refractivity contribution in [2.75, 3.05) is 11.6 Å². The van der Waals surface area contributed by atoms with E-state index in [0.29, 0.717) is 11.9 Å². The van der Waals surface area contributed by atoms with Gasteiger partial charge in [0.15, 0.2) is 0 Å². The smallest absolute Gasteiger partial charge is 0.324 e. The van der Waals surface area contributed by atoms with Gasteiger partial charge < -0.3 is 5.32 Å². The first-order valence-electron chi connectivity index (χ1n) is 5.41. The molecule has 0 aliphatic heterocycles. The van der Waals surface area contributed by atoms with Gasteiger partial charge in [-0.1, -0.05) is 17.7 Å². The number of thioether (sulfide) groups is 1. The molecule has 0 spiro atoms. The molecule has 8 heteroatoms. The van der Waals surface area contributed by atoms with Crippen LogP contribution >= 0.6 is 23.4 Å². The fourth-order valence-corrected chi connectivity index (χ4v) is 2.14. The molecule has 106 valence electrons. The second-order valence-electron chi connectivity index (χ2n) is 3.75. The maximum Gasteiger partial charge on any atom is 0.420 e. The van der Waals surface area contributed by atoms with Gasteiger partial charge in [-0.05, 0) is 24.5 Å². The molecule has 0 radical (unpaired) electrons. The largest absolute Gasteiger partial charge is 0.420 e. The van der Waals surface area contributed by atoms with E-state index in [1.807, 2.05) is 24.5 Å². The number of nitrogens with zero attached hydrogens (tertiary/aromatic N) is 2. The fourth-order valence-electron chi connectivity index (χ4n) is 1.44. The van der Waals surface area contributed by atoms with Gasteiger partial charge >= 0.3 is 6.18 Å². The summed E-state index contributed by atoms with van der Waals surface area (Å²) in [7, 11) is 0. The van der Waals surface area contributed by atoms with E-state index >= 15 is 0 Å². The van der Waals surface area contributed by atoms with Gasteiger partial charge in [0, 0.05) is 16.8 Å². The SMILES string of the molecule is CSc1cccc(Nc2ncc(C(F)(F)F)c(Cl)n2)c1. The summed E-state index contributed by atoms with van der Waals surface area (Å²) >= 11 is 7.07. The number of halogens is 4. The Morgan fingerprint density at radius 1 is 1.30 bits per heavy atom. The molecule has 1 N–H and O–H groups in total. The van der Waals surface area contributed by atoms with E-state index < -0.39 is 16.9 Å². The van der Waals surface area contributed by atoms with Gasteiger partial charge in [-0.15, -0.1) is 11.8 Å². The van der Waals surface area contributed by atoms with Crippen molar-refractivity contribution >= 4 is 35.0 Å². The lowest BCUT2D eigenvalue weighted by Gasteiger charge is -2.10. The van der Waals surface area contributed by atoms with Crippen LogP contribution < -0.4 is 5.32 Å². The molecule has 0 aliphatic carbocycles. The van der Waals surface area contributed by atoms with Crippen LogP contribution in [0.1, 0.15) is 5.56 Å². The van der Waals surface area contributed by atoms with Crippen LogP contribution in [0.15, 0.2) is 35.4 Å².